The molecule has 10 heteroatoms. The van der Waals surface area contributed by atoms with E-state index in [2.05, 4.69) is 4.98 Å². The van der Waals surface area contributed by atoms with Crippen LogP contribution in [0, 0.1) is 26.6 Å². The van der Waals surface area contributed by atoms with E-state index in [0.717, 1.165) is 33.6 Å². The topological polar surface area (TPSA) is 58.5 Å². The van der Waals surface area contributed by atoms with Crippen molar-refractivity contribution >= 4 is 17.0 Å². The van der Waals surface area contributed by atoms with E-state index in [4.69, 9.17) is 0 Å². The number of thiazole rings is 1. The lowest BCUT2D eigenvalue weighted by Crippen LogP contribution is -2.41. The van der Waals surface area contributed by atoms with E-state index >= 15 is 0 Å². The number of hydrogen-bond donors (Lipinski definition) is 1. The van der Waals surface area contributed by atoms with Gasteiger partial charge in [-0.3, -0.25) is 0 Å². The SMILES string of the molecule is Cc1ncc(C[n+]2c(O)c(-c3ccc(F)c(-c4ccc(C(F)(F)F)cc4C)c3)c(=O)n3cccc(C)c32)s1. The summed E-state index contributed by atoms with van der Waals surface area (Å²) < 4.78 is 57.5. The van der Waals surface area contributed by atoms with E-state index in [1.807, 2.05) is 19.9 Å². The number of nitrogens with zero attached hydrogens (tertiary/aromatic N) is 3. The van der Waals surface area contributed by atoms with Gasteiger partial charge in [0.15, 0.2) is 5.56 Å². The summed E-state index contributed by atoms with van der Waals surface area (Å²) in [5, 5.41) is 12.3. The van der Waals surface area contributed by atoms with Gasteiger partial charge in [-0.1, -0.05) is 12.1 Å². The summed E-state index contributed by atoms with van der Waals surface area (Å²) in [6.45, 7) is 5.40. The van der Waals surface area contributed by atoms with Crippen molar-refractivity contribution in [1.29, 1.82) is 0 Å². The lowest BCUT2D eigenvalue weighted by molar-refractivity contribution is -0.671. The van der Waals surface area contributed by atoms with Crippen molar-refractivity contribution in [2.24, 2.45) is 0 Å². The largest absolute Gasteiger partial charge is 0.477 e. The second kappa shape index (κ2) is 9.36. The predicted octanol–water partition coefficient (Wildman–Crippen LogP) is 6.21. The number of hydrogen-bond acceptors (Lipinski definition) is 4. The Hall–Kier alpha value is -4.05. The van der Waals surface area contributed by atoms with Crippen LogP contribution in [0.1, 0.15) is 26.6 Å². The van der Waals surface area contributed by atoms with Crippen molar-refractivity contribution in [2.75, 3.05) is 0 Å². The third-order valence-electron chi connectivity index (χ3n) is 6.41. The van der Waals surface area contributed by atoms with Crippen molar-refractivity contribution in [2.45, 2.75) is 33.5 Å². The number of halogens is 4. The molecule has 0 spiro atoms. The first-order chi connectivity index (χ1) is 18.0. The minimum atomic E-state index is -4.53. The molecule has 5 aromatic rings. The monoisotopic (exact) mass is 540 g/mol. The predicted molar refractivity (Wildman–Crippen MR) is 137 cm³/mol. The number of aromatic nitrogens is 3. The smallest absolute Gasteiger partial charge is 0.416 e. The Kier molecular flexibility index (Phi) is 6.30. The van der Waals surface area contributed by atoms with Gasteiger partial charge in [-0.25, -0.2) is 14.2 Å². The van der Waals surface area contributed by atoms with Crippen molar-refractivity contribution in [1.82, 2.24) is 9.38 Å². The van der Waals surface area contributed by atoms with E-state index in [-0.39, 0.29) is 40.2 Å². The molecule has 0 saturated heterocycles. The zero-order chi connectivity index (χ0) is 27.4. The van der Waals surface area contributed by atoms with Gasteiger partial charge in [-0.05, 0) is 73.9 Å². The van der Waals surface area contributed by atoms with Gasteiger partial charge in [-0.15, -0.1) is 11.3 Å². The molecular formula is C28H22F4N3O2S+. The van der Waals surface area contributed by atoms with E-state index < -0.39 is 23.1 Å². The average molecular weight is 541 g/mol. The maximum atomic E-state index is 15.0. The quantitative estimate of drug-likeness (QED) is 0.218. The Morgan fingerprint density at radius 3 is 2.45 bits per heavy atom. The Labute approximate surface area is 218 Å². The molecule has 0 aliphatic rings. The molecule has 5 rings (SSSR count). The zero-order valence-corrected chi connectivity index (χ0v) is 21.4. The highest BCUT2D eigenvalue weighted by Gasteiger charge is 2.31. The molecule has 0 radical (unpaired) electrons. The molecule has 0 saturated carbocycles. The summed E-state index contributed by atoms with van der Waals surface area (Å²) in [5.74, 6) is -0.974. The van der Waals surface area contributed by atoms with Gasteiger partial charge in [0.05, 0.1) is 21.6 Å². The number of aryl methyl sites for hydroxylation is 3. The number of fused-ring (bicyclic) bond motifs is 1. The van der Waals surface area contributed by atoms with Crippen LogP contribution in [0.25, 0.3) is 27.9 Å². The van der Waals surface area contributed by atoms with Crippen LogP contribution in [-0.2, 0) is 12.7 Å². The molecule has 0 aliphatic heterocycles. The fourth-order valence-corrected chi connectivity index (χ4v) is 5.42. The highest BCUT2D eigenvalue weighted by Crippen LogP contribution is 2.36. The average Bonchev–Trinajstić information content (AvgIpc) is 3.27. The molecule has 0 aliphatic carbocycles. The van der Waals surface area contributed by atoms with Gasteiger partial charge in [0, 0.05) is 17.3 Å². The fourth-order valence-electron chi connectivity index (χ4n) is 4.63. The number of aromatic hydroxyl groups is 1. The van der Waals surface area contributed by atoms with Crippen LogP contribution in [0.2, 0.25) is 0 Å². The van der Waals surface area contributed by atoms with Crippen molar-refractivity contribution in [3.05, 3.63) is 104 Å². The first kappa shape index (κ1) is 25.6. The summed E-state index contributed by atoms with van der Waals surface area (Å²) in [4.78, 5) is 18.8. The molecule has 0 unspecified atom stereocenters. The van der Waals surface area contributed by atoms with E-state index in [1.165, 1.54) is 40.9 Å². The number of benzene rings is 2. The van der Waals surface area contributed by atoms with Crippen LogP contribution in [0.5, 0.6) is 5.88 Å². The summed E-state index contributed by atoms with van der Waals surface area (Å²) >= 11 is 1.46. The molecule has 0 fully saturated rings. The molecular weight excluding hydrogens is 518 g/mol. The third-order valence-corrected chi connectivity index (χ3v) is 7.31. The van der Waals surface area contributed by atoms with Crippen LogP contribution in [0.4, 0.5) is 17.6 Å². The normalized spacial score (nSPS) is 11.9. The standard InChI is InChI=1S/C28H21F4N3O2S/c1-15-5-4-10-34-25(15)35(14-20-13-33-17(3)38-20)27(37)24(26(34)36)18-6-9-23(29)22(12-18)21-8-7-19(11-16(21)2)28(30,31)32/h4-13H,14H2,1-3H3/p+1. The van der Waals surface area contributed by atoms with Gasteiger partial charge in [0.25, 0.3) is 11.5 Å². The first-order valence-electron chi connectivity index (χ1n) is 11.6. The molecule has 194 valence electrons. The van der Waals surface area contributed by atoms with E-state index in [1.54, 1.807) is 23.0 Å². The summed E-state index contributed by atoms with van der Waals surface area (Å²) in [6, 6.07) is 10.5. The summed E-state index contributed by atoms with van der Waals surface area (Å²) in [5.41, 5.74) is 0.567. The van der Waals surface area contributed by atoms with Gasteiger partial charge >= 0.3 is 11.7 Å². The number of alkyl halides is 3. The molecule has 5 nitrogen and oxygen atoms in total. The van der Waals surface area contributed by atoms with Crippen LogP contribution in [-0.4, -0.2) is 14.5 Å². The van der Waals surface area contributed by atoms with Gasteiger partial charge < -0.3 is 5.11 Å². The van der Waals surface area contributed by atoms with Gasteiger partial charge in [-0.2, -0.15) is 22.1 Å². The van der Waals surface area contributed by atoms with Crippen molar-refractivity contribution in [3.63, 3.8) is 0 Å². The van der Waals surface area contributed by atoms with Crippen molar-refractivity contribution < 1.29 is 27.2 Å². The Morgan fingerprint density at radius 2 is 1.79 bits per heavy atom. The first-order valence-corrected chi connectivity index (χ1v) is 12.4. The highest BCUT2D eigenvalue weighted by molar-refractivity contribution is 7.11. The van der Waals surface area contributed by atoms with Crippen LogP contribution in [0.3, 0.4) is 0 Å². The zero-order valence-electron chi connectivity index (χ0n) is 20.6. The molecule has 2 aromatic carbocycles. The van der Waals surface area contributed by atoms with E-state index in [9.17, 15) is 27.5 Å². The van der Waals surface area contributed by atoms with Crippen molar-refractivity contribution in [3.8, 4) is 28.1 Å². The minimum absolute atomic E-state index is 0.0199. The van der Waals surface area contributed by atoms with E-state index in [0.29, 0.717) is 5.65 Å². The van der Waals surface area contributed by atoms with Crippen LogP contribution < -0.4 is 10.1 Å². The number of pyridine rings is 1. The Balaban J connectivity index is 1.74. The highest BCUT2D eigenvalue weighted by atomic mass is 32.1. The molecule has 3 heterocycles. The Bertz CT molecular complexity index is 1770. The molecule has 0 bridgehead atoms. The van der Waals surface area contributed by atoms with Gasteiger partial charge in [0.2, 0.25) is 0 Å². The number of rotatable bonds is 4. The molecule has 38 heavy (non-hydrogen) atoms. The van der Waals surface area contributed by atoms with Crippen LogP contribution >= 0.6 is 11.3 Å². The third kappa shape index (κ3) is 4.45. The summed E-state index contributed by atoms with van der Waals surface area (Å²) in [7, 11) is 0. The van der Waals surface area contributed by atoms with Crippen LogP contribution in [0.15, 0.2) is 65.7 Å². The molecule has 0 atom stereocenters. The molecule has 3 aromatic heterocycles. The minimum Gasteiger partial charge on any atom is -0.477 e. The Morgan fingerprint density at radius 1 is 1.03 bits per heavy atom. The lowest BCUT2D eigenvalue weighted by atomic mass is 9.95. The summed E-state index contributed by atoms with van der Waals surface area (Å²) in [6.07, 6.45) is -1.24. The maximum absolute atomic E-state index is 15.0. The maximum Gasteiger partial charge on any atom is 0.416 e. The lowest BCUT2D eigenvalue weighted by Gasteiger charge is -2.14. The molecule has 1 N–H and O–H groups in total. The molecule has 0 amide bonds. The second-order valence-corrected chi connectivity index (χ2v) is 10.4. The van der Waals surface area contributed by atoms with Gasteiger partial charge in [0.1, 0.15) is 12.4 Å². The fraction of sp³-hybridized carbons (Fsp3) is 0.179. The second-order valence-electron chi connectivity index (χ2n) is 9.04.